The smallest absolute Gasteiger partial charge is 0.170 e. The molecule has 0 aliphatic carbocycles. The zero-order valence-electron chi connectivity index (χ0n) is 15.7. The van der Waals surface area contributed by atoms with E-state index in [0.717, 1.165) is 42.8 Å². The third-order valence-corrected chi connectivity index (χ3v) is 5.73. The second-order valence-electron chi connectivity index (χ2n) is 7.45. The summed E-state index contributed by atoms with van der Waals surface area (Å²) in [5, 5.41) is 0. The number of carbonyl (C=O) groups excluding carboxylic acids is 1. The summed E-state index contributed by atoms with van der Waals surface area (Å²) in [6.45, 7) is 1.57. The van der Waals surface area contributed by atoms with E-state index in [9.17, 15) is 4.79 Å². The fourth-order valence-corrected chi connectivity index (χ4v) is 4.12. The number of nitrogens with zero attached hydrogens (tertiary/aromatic N) is 3. The van der Waals surface area contributed by atoms with Gasteiger partial charge in [0, 0.05) is 25.9 Å². The van der Waals surface area contributed by atoms with Crippen LogP contribution in [0.1, 0.15) is 29.6 Å². The van der Waals surface area contributed by atoms with Crippen molar-refractivity contribution in [2.45, 2.75) is 24.9 Å². The van der Waals surface area contributed by atoms with Gasteiger partial charge in [0.2, 0.25) is 0 Å². The Kier molecular flexibility index (Phi) is 3.93. The average Bonchev–Trinajstić information content (AvgIpc) is 2.74. The summed E-state index contributed by atoms with van der Waals surface area (Å²) >= 11 is 0. The summed E-state index contributed by atoms with van der Waals surface area (Å²) < 4.78 is 11.6. The summed E-state index contributed by atoms with van der Waals surface area (Å²) in [7, 11) is 1.60. The average molecular weight is 375 g/mol. The molecule has 0 N–H and O–H groups in total. The molecule has 1 fully saturated rings. The van der Waals surface area contributed by atoms with E-state index in [1.54, 1.807) is 13.2 Å². The molecule has 1 spiro atoms. The Bertz CT molecular complexity index is 1060. The highest BCUT2D eigenvalue weighted by atomic mass is 16.5. The first-order chi connectivity index (χ1) is 13.7. The van der Waals surface area contributed by atoms with E-state index >= 15 is 0 Å². The molecule has 6 heteroatoms. The molecule has 1 aromatic heterocycles. The first-order valence-electron chi connectivity index (χ1n) is 9.53. The van der Waals surface area contributed by atoms with Crippen LogP contribution < -0.4 is 14.4 Å². The lowest BCUT2D eigenvalue weighted by molar-refractivity contribution is 0.0230. The molecule has 2 aromatic carbocycles. The molecular formula is C22H21N3O3. The van der Waals surface area contributed by atoms with Gasteiger partial charge < -0.3 is 14.4 Å². The second kappa shape index (κ2) is 6.48. The van der Waals surface area contributed by atoms with E-state index in [4.69, 9.17) is 14.5 Å². The molecule has 0 unspecified atom stereocenters. The zero-order chi connectivity index (χ0) is 19.1. The van der Waals surface area contributed by atoms with Crippen molar-refractivity contribution in [2.75, 3.05) is 25.1 Å². The third-order valence-electron chi connectivity index (χ3n) is 5.73. The quantitative estimate of drug-likeness (QED) is 0.681. The molecule has 0 atom stereocenters. The SMILES string of the molecule is COc1ccc2c(c1)C(=O)CC1(CCN(c3cnc4ccccc4n3)CC1)O2. The number of anilines is 1. The highest BCUT2D eigenvalue weighted by Gasteiger charge is 2.43. The van der Waals surface area contributed by atoms with Crippen LogP contribution in [0.25, 0.3) is 11.0 Å². The Morgan fingerprint density at radius 1 is 1.11 bits per heavy atom. The molecule has 0 amide bonds. The van der Waals surface area contributed by atoms with Crippen LogP contribution in [-0.2, 0) is 0 Å². The second-order valence-corrected chi connectivity index (χ2v) is 7.45. The van der Waals surface area contributed by atoms with Gasteiger partial charge in [-0.15, -0.1) is 0 Å². The van der Waals surface area contributed by atoms with Crippen LogP contribution in [0.15, 0.2) is 48.7 Å². The lowest BCUT2D eigenvalue weighted by Crippen LogP contribution is -2.51. The van der Waals surface area contributed by atoms with Crippen LogP contribution in [0.2, 0.25) is 0 Å². The summed E-state index contributed by atoms with van der Waals surface area (Å²) in [5.74, 6) is 2.34. The molecular weight excluding hydrogens is 354 g/mol. The molecule has 3 aromatic rings. The summed E-state index contributed by atoms with van der Waals surface area (Å²) in [6, 6.07) is 13.3. The number of methoxy groups -OCH3 is 1. The standard InChI is InChI=1S/C22H21N3O3/c1-27-15-6-7-20-16(12-15)19(26)13-22(28-20)8-10-25(11-9-22)21-14-23-17-4-2-3-5-18(17)24-21/h2-7,12,14H,8-11,13H2,1H3. The normalized spacial score (nSPS) is 18.0. The molecule has 0 bridgehead atoms. The number of ketones is 1. The fraction of sp³-hybridized carbons (Fsp3) is 0.318. The van der Waals surface area contributed by atoms with E-state index in [1.165, 1.54) is 0 Å². The zero-order valence-corrected chi connectivity index (χ0v) is 15.7. The van der Waals surface area contributed by atoms with Crippen molar-refractivity contribution >= 4 is 22.6 Å². The first kappa shape index (κ1) is 17.0. The first-order valence-corrected chi connectivity index (χ1v) is 9.53. The number of Topliss-reactive ketones (excluding diaryl/α,β-unsaturated/α-hetero) is 1. The number of piperidine rings is 1. The number of hydrogen-bond acceptors (Lipinski definition) is 6. The number of carbonyl (C=O) groups is 1. The Labute approximate surface area is 163 Å². The van der Waals surface area contributed by atoms with Crippen molar-refractivity contribution in [2.24, 2.45) is 0 Å². The van der Waals surface area contributed by atoms with Gasteiger partial charge in [-0.2, -0.15) is 0 Å². The molecule has 5 rings (SSSR count). The van der Waals surface area contributed by atoms with Crippen molar-refractivity contribution in [3.05, 3.63) is 54.2 Å². The minimum Gasteiger partial charge on any atom is -0.497 e. The van der Waals surface area contributed by atoms with E-state index in [-0.39, 0.29) is 5.78 Å². The Balaban J connectivity index is 1.35. The van der Waals surface area contributed by atoms with Gasteiger partial charge in [-0.25, -0.2) is 4.98 Å². The van der Waals surface area contributed by atoms with Crippen molar-refractivity contribution in [3.8, 4) is 11.5 Å². The molecule has 1 saturated heterocycles. The van der Waals surface area contributed by atoms with Gasteiger partial charge in [0.15, 0.2) is 5.78 Å². The Hall–Kier alpha value is -3.15. The van der Waals surface area contributed by atoms with Gasteiger partial charge in [0.25, 0.3) is 0 Å². The van der Waals surface area contributed by atoms with E-state index in [0.29, 0.717) is 23.5 Å². The van der Waals surface area contributed by atoms with E-state index in [1.807, 2.05) is 42.6 Å². The minimum atomic E-state index is -0.431. The van der Waals surface area contributed by atoms with Gasteiger partial charge in [0.1, 0.15) is 22.9 Å². The highest BCUT2D eigenvalue weighted by Crippen LogP contribution is 2.41. The third kappa shape index (κ3) is 2.85. The van der Waals surface area contributed by atoms with Crippen LogP contribution in [-0.4, -0.2) is 41.6 Å². The maximum atomic E-state index is 12.8. The van der Waals surface area contributed by atoms with Gasteiger partial charge in [0.05, 0.1) is 36.3 Å². The van der Waals surface area contributed by atoms with Gasteiger partial charge in [-0.1, -0.05) is 12.1 Å². The van der Waals surface area contributed by atoms with Gasteiger partial charge in [-0.05, 0) is 30.3 Å². The molecule has 0 saturated carbocycles. The fourth-order valence-electron chi connectivity index (χ4n) is 4.12. The largest absolute Gasteiger partial charge is 0.497 e. The topological polar surface area (TPSA) is 64.5 Å². The highest BCUT2D eigenvalue weighted by molar-refractivity contribution is 6.00. The van der Waals surface area contributed by atoms with Gasteiger partial charge >= 0.3 is 0 Å². The maximum absolute atomic E-state index is 12.8. The number of ether oxygens (including phenoxy) is 2. The van der Waals surface area contributed by atoms with E-state index in [2.05, 4.69) is 9.88 Å². The van der Waals surface area contributed by atoms with Crippen molar-refractivity contribution in [1.82, 2.24) is 9.97 Å². The van der Waals surface area contributed by atoms with Crippen LogP contribution in [0.4, 0.5) is 5.82 Å². The molecule has 2 aliphatic heterocycles. The maximum Gasteiger partial charge on any atom is 0.170 e. The minimum absolute atomic E-state index is 0.124. The molecule has 6 nitrogen and oxygen atoms in total. The summed E-state index contributed by atoms with van der Waals surface area (Å²) in [5.41, 5.74) is 1.98. The molecule has 2 aliphatic rings. The van der Waals surface area contributed by atoms with Crippen LogP contribution in [0, 0.1) is 0 Å². The summed E-state index contributed by atoms with van der Waals surface area (Å²) in [6.07, 6.45) is 3.79. The van der Waals surface area contributed by atoms with Crippen molar-refractivity contribution in [3.63, 3.8) is 0 Å². The Morgan fingerprint density at radius 2 is 1.89 bits per heavy atom. The monoisotopic (exact) mass is 375 g/mol. The molecule has 28 heavy (non-hydrogen) atoms. The predicted octanol–water partition coefficient (Wildman–Crippen LogP) is 3.64. The Morgan fingerprint density at radius 3 is 2.68 bits per heavy atom. The number of fused-ring (bicyclic) bond motifs is 2. The van der Waals surface area contributed by atoms with E-state index < -0.39 is 5.60 Å². The predicted molar refractivity (Wildman–Crippen MR) is 106 cm³/mol. The number of hydrogen-bond donors (Lipinski definition) is 0. The van der Waals surface area contributed by atoms with Crippen LogP contribution >= 0.6 is 0 Å². The number of rotatable bonds is 2. The molecule has 3 heterocycles. The summed E-state index contributed by atoms with van der Waals surface area (Å²) in [4.78, 5) is 24.2. The van der Waals surface area contributed by atoms with Gasteiger partial charge in [-0.3, -0.25) is 9.78 Å². The van der Waals surface area contributed by atoms with Crippen LogP contribution in [0.5, 0.6) is 11.5 Å². The van der Waals surface area contributed by atoms with Crippen LogP contribution in [0.3, 0.4) is 0 Å². The lowest BCUT2D eigenvalue weighted by Gasteiger charge is -2.44. The lowest BCUT2D eigenvalue weighted by atomic mass is 9.82. The van der Waals surface area contributed by atoms with Crippen molar-refractivity contribution < 1.29 is 14.3 Å². The number of benzene rings is 2. The number of aromatic nitrogens is 2. The number of para-hydroxylation sites is 2. The van der Waals surface area contributed by atoms with Crippen molar-refractivity contribution in [1.29, 1.82) is 0 Å². The molecule has 142 valence electrons. The molecule has 0 radical (unpaired) electrons.